The number of carbonyl (C=O) groups excluding carboxylic acids is 1. The Morgan fingerprint density at radius 3 is 2.75 bits per heavy atom. The monoisotopic (exact) mass is 272 g/mol. The van der Waals surface area contributed by atoms with Crippen LogP contribution in [0, 0.1) is 0 Å². The summed E-state index contributed by atoms with van der Waals surface area (Å²) in [5.74, 6) is 0. The summed E-state index contributed by atoms with van der Waals surface area (Å²) in [4.78, 5) is 14.2. The number of hydrogen-bond acceptors (Lipinski definition) is 2. The lowest BCUT2D eigenvalue weighted by atomic mass is 10.1. The third kappa shape index (κ3) is 3.60. The van der Waals surface area contributed by atoms with Crippen LogP contribution in [0.15, 0.2) is 42.7 Å². The fraction of sp³-hybridized carbons (Fsp3) is 0.333. The smallest absolute Gasteiger partial charge is 0.318 e. The summed E-state index contributed by atoms with van der Waals surface area (Å²) >= 11 is 0. The van der Waals surface area contributed by atoms with Crippen molar-refractivity contribution in [3.8, 4) is 0 Å². The first-order chi connectivity index (χ1) is 9.70. The first kappa shape index (κ1) is 14.1. The van der Waals surface area contributed by atoms with Gasteiger partial charge in [0.05, 0.1) is 11.9 Å². The fourth-order valence-electron chi connectivity index (χ4n) is 1.94. The Morgan fingerprint density at radius 1 is 1.40 bits per heavy atom. The molecule has 2 amide bonds. The van der Waals surface area contributed by atoms with E-state index >= 15 is 0 Å². The molecule has 0 saturated heterocycles. The number of rotatable bonds is 5. The number of H-pyrrole nitrogens is 1. The summed E-state index contributed by atoms with van der Waals surface area (Å²) in [6, 6.07) is 10.1. The van der Waals surface area contributed by atoms with Gasteiger partial charge in [0.15, 0.2) is 0 Å². The zero-order valence-corrected chi connectivity index (χ0v) is 11.8. The lowest BCUT2D eigenvalue weighted by molar-refractivity contribution is 0.187. The topological polar surface area (TPSA) is 61.0 Å². The SMILES string of the molecule is CCC(C)N(Cc1ccccc1)C(=O)Nc1cn[nH]c1. The van der Waals surface area contributed by atoms with Gasteiger partial charge in [-0.2, -0.15) is 5.10 Å². The zero-order valence-electron chi connectivity index (χ0n) is 11.8. The van der Waals surface area contributed by atoms with Gasteiger partial charge in [0.2, 0.25) is 0 Å². The van der Waals surface area contributed by atoms with E-state index in [0.29, 0.717) is 12.2 Å². The first-order valence-electron chi connectivity index (χ1n) is 6.81. The van der Waals surface area contributed by atoms with E-state index in [2.05, 4.69) is 29.4 Å². The van der Waals surface area contributed by atoms with Crippen LogP contribution in [0.2, 0.25) is 0 Å². The molecule has 5 nitrogen and oxygen atoms in total. The number of aromatic nitrogens is 2. The summed E-state index contributed by atoms with van der Waals surface area (Å²) in [6.07, 6.45) is 4.16. The van der Waals surface area contributed by atoms with Crippen LogP contribution in [0.3, 0.4) is 0 Å². The molecule has 2 aromatic rings. The standard InChI is InChI=1S/C15H20N4O/c1-3-12(2)19(11-13-7-5-4-6-8-13)15(20)18-14-9-16-17-10-14/h4-10,12H,3,11H2,1-2H3,(H,16,17)(H,18,20). The second-order valence-corrected chi connectivity index (χ2v) is 4.79. The largest absolute Gasteiger partial charge is 0.322 e. The Hall–Kier alpha value is -2.30. The molecule has 0 spiro atoms. The number of nitrogens with one attached hydrogen (secondary N) is 2. The van der Waals surface area contributed by atoms with Gasteiger partial charge in [-0.1, -0.05) is 37.3 Å². The van der Waals surface area contributed by atoms with Crippen LogP contribution >= 0.6 is 0 Å². The molecule has 0 bridgehead atoms. The van der Waals surface area contributed by atoms with E-state index in [1.807, 2.05) is 35.2 Å². The average Bonchev–Trinajstić information content (AvgIpc) is 2.98. The molecule has 0 aliphatic rings. The molecule has 1 aromatic carbocycles. The lowest BCUT2D eigenvalue weighted by Crippen LogP contribution is -2.40. The summed E-state index contributed by atoms with van der Waals surface area (Å²) in [5, 5.41) is 9.36. The Balaban J connectivity index is 2.09. The van der Waals surface area contributed by atoms with Gasteiger partial charge >= 0.3 is 6.03 Å². The fourth-order valence-corrected chi connectivity index (χ4v) is 1.94. The summed E-state index contributed by atoms with van der Waals surface area (Å²) < 4.78 is 0. The van der Waals surface area contributed by atoms with Gasteiger partial charge in [0, 0.05) is 18.8 Å². The van der Waals surface area contributed by atoms with Crippen molar-refractivity contribution in [2.45, 2.75) is 32.9 Å². The van der Waals surface area contributed by atoms with Gasteiger partial charge in [0.25, 0.3) is 0 Å². The van der Waals surface area contributed by atoms with Crippen LogP contribution in [-0.4, -0.2) is 27.2 Å². The van der Waals surface area contributed by atoms with Crippen LogP contribution in [0.4, 0.5) is 10.5 Å². The predicted octanol–water partition coefficient (Wildman–Crippen LogP) is 3.24. The van der Waals surface area contributed by atoms with Gasteiger partial charge in [0.1, 0.15) is 0 Å². The Labute approximate surface area is 119 Å². The van der Waals surface area contributed by atoms with Crippen molar-refractivity contribution in [3.63, 3.8) is 0 Å². The van der Waals surface area contributed by atoms with Crippen LogP contribution < -0.4 is 5.32 Å². The molecule has 20 heavy (non-hydrogen) atoms. The van der Waals surface area contributed by atoms with Crippen molar-refractivity contribution >= 4 is 11.7 Å². The van der Waals surface area contributed by atoms with Crippen molar-refractivity contribution in [1.82, 2.24) is 15.1 Å². The van der Waals surface area contributed by atoms with Crippen LogP contribution in [0.5, 0.6) is 0 Å². The maximum Gasteiger partial charge on any atom is 0.322 e. The van der Waals surface area contributed by atoms with Crippen LogP contribution in [0.1, 0.15) is 25.8 Å². The molecule has 2 rings (SSSR count). The van der Waals surface area contributed by atoms with Gasteiger partial charge < -0.3 is 10.2 Å². The van der Waals surface area contributed by atoms with Gasteiger partial charge in [-0.3, -0.25) is 5.10 Å². The van der Waals surface area contributed by atoms with E-state index in [9.17, 15) is 4.79 Å². The van der Waals surface area contributed by atoms with E-state index in [1.54, 1.807) is 12.4 Å². The first-order valence-corrected chi connectivity index (χ1v) is 6.81. The third-order valence-corrected chi connectivity index (χ3v) is 3.33. The summed E-state index contributed by atoms with van der Waals surface area (Å²) in [7, 11) is 0. The third-order valence-electron chi connectivity index (χ3n) is 3.33. The van der Waals surface area contributed by atoms with Gasteiger partial charge in [-0.25, -0.2) is 4.79 Å². The minimum Gasteiger partial charge on any atom is -0.318 e. The van der Waals surface area contributed by atoms with Crippen molar-refractivity contribution in [1.29, 1.82) is 0 Å². The molecule has 0 saturated carbocycles. The molecule has 0 radical (unpaired) electrons. The Kier molecular flexibility index (Phi) is 4.76. The molecule has 1 atom stereocenters. The highest BCUT2D eigenvalue weighted by molar-refractivity contribution is 5.89. The van der Waals surface area contributed by atoms with E-state index < -0.39 is 0 Å². The molecule has 1 aromatic heterocycles. The number of urea groups is 1. The number of hydrogen-bond donors (Lipinski definition) is 2. The molecule has 2 N–H and O–H groups in total. The Morgan fingerprint density at radius 2 is 2.15 bits per heavy atom. The molecule has 0 aliphatic heterocycles. The highest BCUT2D eigenvalue weighted by Crippen LogP contribution is 2.13. The maximum atomic E-state index is 12.4. The number of benzene rings is 1. The summed E-state index contributed by atoms with van der Waals surface area (Å²) in [5.41, 5.74) is 1.80. The number of anilines is 1. The lowest BCUT2D eigenvalue weighted by Gasteiger charge is -2.28. The highest BCUT2D eigenvalue weighted by atomic mass is 16.2. The van der Waals surface area contributed by atoms with Gasteiger partial charge in [-0.15, -0.1) is 0 Å². The van der Waals surface area contributed by atoms with E-state index in [-0.39, 0.29) is 12.1 Å². The second kappa shape index (κ2) is 6.75. The van der Waals surface area contributed by atoms with Crippen molar-refractivity contribution in [3.05, 3.63) is 48.3 Å². The van der Waals surface area contributed by atoms with Crippen molar-refractivity contribution in [2.24, 2.45) is 0 Å². The molecule has 106 valence electrons. The van der Waals surface area contributed by atoms with Crippen LogP contribution in [-0.2, 0) is 6.54 Å². The second-order valence-electron chi connectivity index (χ2n) is 4.79. The minimum absolute atomic E-state index is 0.107. The van der Waals surface area contributed by atoms with Crippen molar-refractivity contribution in [2.75, 3.05) is 5.32 Å². The molecule has 5 heteroatoms. The molecule has 0 fully saturated rings. The van der Waals surface area contributed by atoms with E-state index in [0.717, 1.165) is 12.0 Å². The normalized spacial score (nSPS) is 11.9. The summed E-state index contributed by atoms with van der Waals surface area (Å²) in [6.45, 7) is 4.73. The minimum atomic E-state index is -0.107. The highest BCUT2D eigenvalue weighted by Gasteiger charge is 2.19. The zero-order chi connectivity index (χ0) is 14.4. The number of carbonyl (C=O) groups is 1. The molecule has 1 unspecified atom stereocenters. The Bertz CT molecular complexity index is 524. The quantitative estimate of drug-likeness (QED) is 0.877. The average molecular weight is 272 g/mol. The van der Waals surface area contributed by atoms with E-state index in [4.69, 9.17) is 0 Å². The molecular weight excluding hydrogens is 252 g/mol. The number of aromatic amines is 1. The van der Waals surface area contributed by atoms with Gasteiger partial charge in [-0.05, 0) is 18.9 Å². The number of amides is 2. The van der Waals surface area contributed by atoms with Crippen molar-refractivity contribution < 1.29 is 4.79 Å². The van der Waals surface area contributed by atoms with E-state index in [1.165, 1.54) is 0 Å². The molecule has 0 aliphatic carbocycles. The van der Waals surface area contributed by atoms with Crippen LogP contribution in [0.25, 0.3) is 0 Å². The molecular formula is C15H20N4O. The maximum absolute atomic E-state index is 12.4. The molecule has 1 heterocycles. The number of nitrogens with zero attached hydrogens (tertiary/aromatic N) is 2. The predicted molar refractivity (Wildman–Crippen MR) is 79.3 cm³/mol.